The van der Waals surface area contributed by atoms with Gasteiger partial charge in [0, 0.05) is 18.7 Å². The number of nitrogens with one attached hydrogen (secondary N) is 1. The van der Waals surface area contributed by atoms with Crippen molar-refractivity contribution in [1.29, 1.82) is 0 Å². The number of hydrogen-bond donors (Lipinski definition) is 3. The van der Waals surface area contributed by atoms with Crippen molar-refractivity contribution in [2.75, 3.05) is 31.8 Å². The van der Waals surface area contributed by atoms with E-state index in [0.717, 1.165) is 5.69 Å². The summed E-state index contributed by atoms with van der Waals surface area (Å²) in [4.78, 5) is 0. The molecule has 102 valence electrons. The lowest BCUT2D eigenvalue weighted by Gasteiger charge is -2.18. The average Bonchev–Trinajstić information content (AvgIpc) is 2.36. The molecule has 1 aromatic rings. The standard InChI is InChI=1S/C13H22N2O3/c1-8(2)11(16)7-15-10-6-13(18-4)12(17-3)5-9(10)14/h5-6,8,11,15-16H,7,14H2,1-4H3. The molecular weight excluding hydrogens is 232 g/mol. The minimum Gasteiger partial charge on any atom is -0.493 e. The van der Waals surface area contributed by atoms with E-state index < -0.39 is 6.10 Å². The molecule has 5 nitrogen and oxygen atoms in total. The Bertz CT molecular complexity index is 394. The quantitative estimate of drug-likeness (QED) is 0.674. The molecule has 1 rings (SSSR count). The minimum atomic E-state index is -0.419. The van der Waals surface area contributed by atoms with E-state index in [1.54, 1.807) is 26.4 Å². The lowest BCUT2D eigenvalue weighted by atomic mass is 10.1. The van der Waals surface area contributed by atoms with Crippen molar-refractivity contribution in [3.8, 4) is 11.5 Å². The number of methoxy groups -OCH3 is 2. The van der Waals surface area contributed by atoms with Gasteiger partial charge in [0.1, 0.15) is 0 Å². The van der Waals surface area contributed by atoms with E-state index in [2.05, 4.69) is 5.32 Å². The van der Waals surface area contributed by atoms with Crippen LogP contribution in [-0.4, -0.2) is 32.0 Å². The van der Waals surface area contributed by atoms with Crippen LogP contribution in [0.3, 0.4) is 0 Å². The number of aliphatic hydroxyl groups is 1. The second-order valence-corrected chi connectivity index (χ2v) is 4.49. The third-order valence-corrected chi connectivity index (χ3v) is 2.83. The first-order valence-electron chi connectivity index (χ1n) is 5.93. The van der Waals surface area contributed by atoms with Crippen LogP contribution in [0, 0.1) is 5.92 Å². The third-order valence-electron chi connectivity index (χ3n) is 2.83. The molecule has 0 aromatic heterocycles. The Balaban J connectivity index is 2.83. The average molecular weight is 254 g/mol. The van der Waals surface area contributed by atoms with Crippen LogP contribution in [0.1, 0.15) is 13.8 Å². The van der Waals surface area contributed by atoms with Crippen LogP contribution in [0.2, 0.25) is 0 Å². The van der Waals surface area contributed by atoms with Crippen LogP contribution in [0.15, 0.2) is 12.1 Å². The number of ether oxygens (including phenoxy) is 2. The molecule has 0 heterocycles. The highest BCUT2D eigenvalue weighted by Gasteiger charge is 2.12. The van der Waals surface area contributed by atoms with Gasteiger partial charge in [0.05, 0.1) is 31.7 Å². The van der Waals surface area contributed by atoms with Crippen molar-refractivity contribution in [3.63, 3.8) is 0 Å². The van der Waals surface area contributed by atoms with E-state index in [9.17, 15) is 5.11 Å². The summed E-state index contributed by atoms with van der Waals surface area (Å²) < 4.78 is 10.4. The highest BCUT2D eigenvalue weighted by molar-refractivity contribution is 5.72. The molecule has 0 fully saturated rings. The Kier molecular flexibility index (Phi) is 5.09. The van der Waals surface area contributed by atoms with Crippen molar-refractivity contribution in [2.24, 2.45) is 5.92 Å². The molecule has 5 heteroatoms. The summed E-state index contributed by atoms with van der Waals surface area (Å²) in [6, 6.07) is 3.46. The molecule has 0 radical (unpaired) electrons. The lowest BCUT2D eigenvalue weighted by molar-refractivity contribution is 0.138. The Hall–Kier alpha value is -1.62. The zero-order chi connectivity index (χ0) is 13.7. The van der Waals surface area contributed by atoms with Gasteiger partial charge < -0.3 is 25.6 Å². The van der Waals surface area contributed by atoms with Gasteiger partial charge in [0.15, 0.2) is 11.5 Å². The summed E-state index contributed by atoms with van der Waals surface area (Å²) in [5.41, 5.74) is 7.19. The van der Waals surface area contributed by atoms with Crippen LogP contribution in [-0.2, 0) is 0 Å². The zero-order valence-electron chi connectivity index (χ0n) is 11.4. The van der Waals surface area contributed by atoms with Crippen LogP contribution < -0.4 is 20.5 Å². The van der Waals surface area contributed by atoms with E-state index in [1.165, 1.54) is 0 Å². The molecule has 18 heavy (non-hydrogen) atoms. The molecule has 0 bridgehead atoms. The van der Waals surface area contributed by atoms with Crippen molar-refractivity contribution in [2.45, 2.75) is 20.0 Å². The smallest absolute Gasteiger partial charge is 0.162 e. The van der Waals surface area contributed by atoms with E-state index in [4.69, 9.17) is 15.2 Å². The molecule has 0 aliphatic rings. The predicted octanol–water partition coefficient (Wildman–Crippen LogP) is 1.71. The molecule has 1 atom stereocenters. The first-order valence-corrected chi connectivity index (χ1v) is 5.93. The maximum absolute atomic E-state index is 9.75. The van der Waals surface area contributed by atoms with E-state index in [1.807, 2.05) is 13.8 Å². The zero-order valence-corrected chi connectivity index (χ0v) is 11.4. The largest absolute Gasteiger partial charge is 0.493 e. The van der Waals surface area contributed by atoms with Crippen molar-refractivity contribution in [1.82, 2.24) is 0 Å². The highest BCUT2D eigenvalue weighted by atomic mass is 16.5. The number of rotatable bonds is 6. The first kappa shape index (κ1) is 14.4. The molecule has 0 amide bonds. The Morgan fingerprint density at radius 3 is 2.28 bits per heavy atom. The van der Waals surface area contributed by atoms with Crippen LogP contribution in [0.25, 0.3) is 0 Å². The second kappa shape index (κ2) is 6.35. The molecule has 0 saturated heterocycles. The van der Waals surface area contributed by atoms with Gasteiger partial charge in [-0.15, -0.1) is 0 Å². The molecule has 1 unspecified atom stereocenters. The topological polar surface area (TPSA) is 76.7 Å². The maximum atomic E-state index is 9.75. The van der Waals surface area contributed by atoms with Gasteiger partial charge in [-0.2, -0.15) is 0 Å². The van der Waals surface area contributed by atoms with Crippen LogP contribution >= 0.6 is 0 Å². The fraction of sp³-hybridized carbons (Fsp3) is 0.538. The lowest BCUT2D eigenvalue weighted by Crippen LogP contribution is -2.25. The Labute approximate surface area is 108 Å². The van der Waals surface area contributed by atoms with E-state index >= 15 is 0 Å². The summed E-state index contributed by atoms with van der Waals surface area (Å²) in [5.74, 6) is 1.39. The van der Waals surface area contributed by atoms with Gasteiger partial charge in [-0.1, -0.05) is 13.8 Å². The molecule has 1 aromatic carbocycles. The number of nitrogen functional groups attached to an aromatic ring is 1. The second-order valence-electron chi connectivity index (χ2n) is 4.49. The van der Waals surface area contributed by atoms with Gasteiger partial charge in [-0.25, -0.2) is 0 Å². The predicted molar refractivity (Wildman–Crippen MR) is 73.3 cm³/mol. The molecule has 0 spiro atoms. The monoisotopic (exact) mass is 254 g/mol. The van der Waals surface area contributed by atoms with E-state index in [-0.39, 0.29) is 5.92 Å². The molecule has 0 aliphatic heterocycles. The normalized spacial score (nSPS) is 12.3. The number of aliphatic hydroxyl groups excluding tert-OH is 1. The van der Waals surface area contributed by atoms with Crippen molar-refractivity contribution >= 4 is 11.4 Å². The summed E-state index contributed by atoms with van der Waals surface area (Å²) >= 11 is 0. The number of anilines is 2. The first-order chi connectivity index (χ1) is 8.49. The Morgan fingerprint density at radius 2 is 1.78 bits per heavy atom. The number of nitrogens with two attached hydrogens (primary N) is 1. The SMILES string of the molecule is COc1cc(N)c(NCC(O)C(C)C)cc1OC. The summed E-state index contributed by atoms with van der Waals surface area (Å²) in [5, 5.41) is 12.9. The van der Waals surface area contributed by atoms with Crippen LogP contribution in [0.4, 0.5) is 11.4 Å². The minimum absolute atomic E-state index is 0.193. The van der Waals surface area contributed by atoms with Gasteiger partial charge in [-0.05, 0) is 5.92 Å². The fourth-order valence-corrected chi connectivity index (χ4v) is 1.50. The van der Waals surface area contributed by atoms with E-state index in [0.29, 0.717) is 23.7 Å². The highest BCUT2D eigenvalue weighted by Crippen LogP contribution is 2.34. The van der Waals surface area contributed by atoms with Gasteiger partial charge in [0.25, 0.3) is 0 Å². The fourth-order valence-electron chi connectivity index (χ4n) is 1.50. The third kappa shape index (κ3) is 3.43. The molecule has 4 N–H and O–H groups in total. The van der Waals surface area contributed by atoms with Gasteiger partial charge in [-0.3, -0.25) is 0 Å². The van der Waals surface area contributed by atoms with Gasteiger partial charge >= 0.3 is 0 Å². The molecule has 0 saturated carbocycles. The molecular formula is C13H22N2O3. The Morgan fingerprint density at radius 1 is 1.22 bits per heavy atom. The number of benzene rings is 1. The van der Waals surface area contributed by atoms with Crippen LogP contribution in [0.5, 0.6) is 11.5 Å². The maximum Gasteiger partial charge on any atom is 0.162 e. The summed E-state index contributed by atoms with van der Waals surface area (Å²) in [7, 11) is 3.13. The summed E-state index contributed by atoms with van der Waals surface area (Å²) in [6.45, 7) is 4.37. The number of hydrogen-bond acceptors (Lipinski definition) is 5. The van der Waals surface area contributed by atoms with Gasteiger partial charge in [0.2, 0.25) is 0 Å². The van der Waals surface area contributed by atoms with Crippen molar-refractivity contribution in [3.05, 3.63) is 12.1 Å². The van der Waals surface area contributed by atoms with Crippen molar-refractivity contribution < 1.29 is 14.6 Å². The molecule has 0 aliphatic carbocycles. The summed E-state index contributed by atoms with van der Waals surface area (Å²) in [6.07, 6.45) is -0.419.